The van der Waals surface area contributed by atoms with Gasteiger partial charge >= 0.3 is 0 Å². The van der Waals surface area contributed by atoms with Crippen LogP contribution in [0.15, 0.2) is 54.7 Å². The van der Waals surface area contributed by atoms with Gasteiger partial charge in [0.25, 0.3) is 0 Å². The summed E-state index contributed by atoms with van der Waals surface area (Å²) in [5.41, 5.74) is 2.94. The van der Waals surface area contributed by atoms with Crippen molar-refractivity contribution in [2.75, 3.05) is 6.54 Å². The molecular weight excluding hydrogens is 244 g/mol. The van der Waals surface area contributed by atoms with Crippen molar-refractivity contribution in [2.45, 2.75) is 32.2 Å². The van der Waals surface area contributed by atoms with Crippen LogP contribution >= 0.6 is 0 Å². The van der Waals surface area contributed by atoms with Gasteiger partial charge in [0.2, 0.25) is 0 Å². The standard InChI is InChI=1S/C18H22N2/c1-2-18(11-12-18)14-20-17(15-8-4-3-5-9-15)16-10-6-7-13-19-16/h3-10,13,17,20H,2,11-12,14H2,1H3. The number of nitrogens with one attached hydrogen (secondary N) is 1. The lowest BCUT2D eigenvalue weighted by atomic mass is 9.99. The van der Waals surface area contributed by atoms with Crippen LogP contribution in [0.25, 0.3) is 0 Å². The van der Waals surface area contributed by atoms with E-state index in [0.717, 1.165) is 12.2 Å². The molecule has 0 aliphatic heterocycles. The number of hydrogen-bond donors (Lipinski definition) is 1. The average Bonchev–Trinajstić information content (AvgIpc) is 3.30. The Morgan fingerprint density at radius 2 is 1.85 bits per heavy atom. The highest BCUT2D eigenvalue weighted by molar-refractivity contribution is 5.27. The molecule has 0 bridgehead atoms. The van der Waals surface area contributed by atoms with E-state index in [-0.39, 0.29) is 6.04 Å². The van der Waals surface area contributed by atoms with Gasteiger partial charge in [-0.25, -0.2) is 0 Å². The van der Waals surface area contributed by atoms with Crippen LogP contribution in [0.2, 0.25) is 0 Å². The molecule has 1 heterocycles. The molecule has 0 amide bonds. The summed E-state index contributed by atoms with van der Waals surface area (Å²) < 4.78 is 0. The van der Waals surface area contributed by atoms with Gasteiger partial charge in [-0.15, -0.1) is 0 Å². The van der Waals surface area contributed by atoms with Crippen LogP contribution in [0, 0.1) is 5.41 Å². The van der Waals surface area contributed by atoms with Crippen molar-refractivity contribution in [2.24, 2.45) is 5.41 Å². The Kier molecular flexibility index (Phi) is 3.83. The van der Waals surface area contributed by atoms with Crippen molar-refractivity contribution >= 4 is 0 Å². The summed E-state index contributed by atoms with van der Waals surface area (Å²) in [7, 11) is 0. The largest absolute Gasteiger partial charge is 0.304 e. The van der Waals surface area contributed by atoms with E-state index in [9.17, 15) is 0 Å². The van der Waals surface area contributed by atoms with Gasteiger partial charge in [-0.3, -0.25) is 4.98 Å². The minimum absolute atomic E-state index is 0.196. The lowest BCUT2D eigenvalue weighted by molar-refractivity contribution is 0.421. The van der Waals surface area contributed by atoms with E-state index in [1.165, 1.54) is 24.8 Å². The fourth-order valence-corrected chi connectivity index (χ4v) is 2.74. The summed E-state index contributed by atoms with van der Waals surface area (Å²) in [6, 6.07) is 17.0. The van der Waals surface area contributed by atoms with Crippen molar-refractivity contribution in [3.05, 3.63) is 66.0 Å². The highest BCUT2D eigenvalue weighted by Gasteiger charge is 2.40. The SMILES string of the molecule is CCC1(CNC(c2ccccc2)c2ccccn2)CC1. The molecular formula is C18H22N2. The lowest BCUT2D eigenvalue weighted by Crippen LogP contribution is -2.29. The fraction of sp³-hybridized carbons (Fsp3) is 0.389. The van der Waals surface area contributed by atoms with Crippen LogP contribution < -0.4 is 5.32 Å². The molecule has 1 unspecified atom stereocenters. The third-order valence-electron chi connectivity index (χ3n) is 4.50. The molecule has 20 heavy (non-hydrogen) atoms. The molecule has 2 nitrogen and oxygen atoms in total. The first-order chi connectivity index (χ1) is 9.83. The Bertz CT molecular complexity index is 492. The van der Waals surface area contributed by atoms with Gasteiger partial charge < -0.3 is 5.32 Å². The molecule has 1 aliphatic carbocycles. The maximum absolute atomic E-state index is 4.54. The number of hydrogen-bond acceptors (Lipinski definition) is 2. The third kappa shape index (κ3) is 2.91. The molecule has 1 aromatic carbocycles. The normalized spacial score (nSPS) is 17.6. The number of benzene rings is 1. The minimum Gasteiger partial charge on any atom is -0.304 e. The summed E-state index contributed by atoms with van der Waals surface area (Å²) in [6.07, 6.45) is 5.86. The van der Waals surface area contributed by atoms with Crippen LogP contribution in [0.4, 0.5) is 0 Å². The second-order valence-electron chi connectivity index (χ2n) is 5.83. The molecule has 1 aliphatic rings. The molecule has 1 aromatic heterocycles. The average molecular weight is 266 g/mol. The summed E-state index contributed by atoms with van der Waals surface area (Å²) >= 11 is 0. The Morgan fingerprint density at radius 3 is 2.45 bits per heavy atom. The van der Waals surface area contributed by atoms with Crippen molar-refractivity contribution < 1.29 is 0 Å². The van der Waals surface area contributed by atoms with Gasteiger partial charge in [-0.1, -0.05) is 43.3 Å². The Hall–Kier alpha value is -1.67. The quantitative estimate of drug-likeness (QED) is 0.856. The zero-order valence-corrected chi connectivity index (χ0v) is 12.0. The van der Waals surface area contributed by atoms with Gasteiger partial charge in [0.1, 0.15) is 0 Å². The first-order valence-corrected chi connectivity index (χ1v) is 7.52. The van der Waals surface area contributed by atoms with E-state index < -0.39 is 0 Å². The van der Waals surface area contributed by atoms with E-state index in [1.807, 2.05) is 12.3 Å². The Labute approximate surface area is 121 Å². The fourth-order valence-electron chi connectivity index (χ4n) is 2.74. The van der Waals surface area contributed by atoms with E-state index in [4.69, 9.17) is 0 Å². The van der Waals surface area contributed by atoms with Crippen molar-refractivity contribution in [3.8, 4) is 0 Å². The van der Waals surface area contributed by atoms with Crippen molar-refractivity contribution in [3.63, 3.8) is 0 Å². The van der Waals surface area contributed by atoms with Crippen LogP contribution in [0.1, 0.15) is 43.5 Å². The van der Waals surface area contributed by atoms with Crippen LogP contribution in [0.3, 0.4) is 0 Å². The number of aromatic nitrogens is 1. The molecule has 104 valence electrons. The van der Waals surface area contributed by atoms with E-state index in [2.05, 4.69) is 59.7 Å². The predicted molar refractivity (Wildman–Crippen MR) is 82.5 cm³/mol. The van der Waals surface area contributed by atoms with Gasteiger partial charge in [0.15, 0.2) is 0 Å². The topological polar surface area (TPSA) is 24.9 Å². The molecule has 1 atom stereocenters. The van der Waals surface area contributed by atoms with Gasteiger partial charge in [-0.05, 0) is 42.4 Å². The monoisotopic (exact) mass is 266 g/mol. The Morgan fingerprint density at radius 1 is 1.10 bits per heavy atom. The maximum atomic E-state index is 4.54. The number of rotatable bonds is 6. The molecule has 0 radical (unpaired) electrons. The van der Waals surface area contributed by atoms with Crippen molar-refractivity contribution in [1.82, 2.24) is 10.3 Å². The second kappa shape index (κ2) is 5.76. The van der Waals surface area contributed by atoms with E-state index in [0.29, 0.717) is 5.41 Å². The van der Waals surface area contributed by atoms with Crippen LogP contribution in [0.5, 0.6) is 0 Å². The third-order valence-corrected chi connectivity index (χ3v) is 4.50. The van der Waals surface area contributed by atoms with Crippen LogP contribution in [-0.4, -0.2) is 11.5 Å². The number of pyridine rings is 1. The first kappa shape index (κ1) is 13.3. The molecule has 1 N–H and O–H groups in total. The first-order valence-electron chi connectivity index (χ1n) is 7.52. The second-order valence-corrected chi connectivity index (χ2v) is 5.83. The molecule has 2 heteroatoms. The highest BCUT2D eigenvalue weighted by Crippen LogP contribution is 2.48. The zero-order valence-electron chi connectivity index (χ0n) is 12.0. The van der Waals surface area contributed by atoms with E-state index in [1.54, 1.807) is 0 Å². The van der Waals surface area contributed by atoms with Crippen LogP contribution in [-0.2, 0) is 0 Å². The van der Waals surface area contributed by atoms with Gasteiger partial charge in [0, 0.05) is 12.7 Å². The van der Waals surface area contributed by atoms with E-state index >= 15 is 0 Å². The molecule has 1 fully saturated rings. The van der Waals surface area contributed by atoms with Gasteiger partial charge in [-0.2, -0.15) is 0 Å². The smallest absolute Gasteiger partial charge is 0.0751 e. The summed E-state index contributed by atoms with van der Waals surface area (Å²) in [4.78, 5) is 4.54. The van der Waals surface area contributed by atoms with Crippen molar-refractivity contribution in [1.29, 1.82) is 0 Å². The predicted octanol–water partition coefficient (Wildman–Crippen LogP) is 3.95. The molecule has 0 saturated heterocycles. The summed E-state index contributed by atoms with van der Waals surface area (Å²) in [6.45, 7) is 3.38. The maximum Gasteiger partial charge on any atom is 0.0751 e. The summed E-state index contributed by atoms with van der Waals surface area (Å²) in [5, 5.41) is 3.74. The van der Waals surface area contributed by atoms with Gasteiger partial charge in [0.05, 0.1) is 11.7 Å². The minimum atomic E-state index is 0.196. The zero-order chi connectivity index (χ0) is 13.8. The summed E-state index contributed by atoms with van der Waals surface area (Å²) in [5.74, 6) is 0. The molecule has 2 aromatic rings. The highest BCUT2D eigenvalue weighted by atomic mass is 15.0. The number of nitrogens with zero attached hydrogens (tertiary/aromatic N) is 1. The molecule has 0 spiro atoms. The lowest BCUT2D eigenvalue weighted by Gasteiger charge is -2.22. The Balaban J connectivity index is 1.81. The molecule has 3 rings (SSSR count). The molecule has 1 saturated carbocycles.